The summed E-state index contributed by atoms with van der Waals surface area (Å²) in [4.78, 5) is 22.2. The summed E-state index contributed by atoms with van der Waals surface area (Å²) in [6.45, 7) is 0. The third-order valence-corrected chi connectivity index (χ3v) is 2.67. The molecule has 17 heavy (non-hydrogen) atoms. The molecule has 90 valence electrons. The largest absolute Gasteiger partial charge is 0.497 e. The first kappa shape index (κ1) is 11.4. The molecule has 5 heteroatoms. The highest BCUT2D eigenvalue weighted by atomic mass is 16.6. The van der Waals surface area contributed by atoms with Gasteiger partial charge >= 0.3 is 5.97 Å². The fraction of sp³-hybridized carbons (Fsp3) is 0.333. The molecule has 0 aromatic heterocycles. The fourth-order valence-corrected chi connectivity index (χ4v) is 1.88. The van der Waals surface area contributed by atoms with Gasteiger partial charge in [-0.25, -0.2) is 4.79 Å². The van der Waals surface area contributed by atoms with Gasteiger partial charge in [0.15, 0.2) is 0 Å². The second-order valence-corrected chi connectivity index (χ2v) is 3.59. The third kappa shape index (κ3) is 1.84. The minimum absolute atomic E-state index is 0.134. The number of aldehydes is 1. The van der Waals surface area contributed by atoms with Crippen LogP contribution in [-0.4, -0.2) is 26.5 Å². The van der Waals surface area contributed by atoms with Crippen molar-refractivity contribution in [3.05, 3.63) is 23.3 Å². The van der Waals surface area contributed by atoms with Crippen LogP contribution in [0.2, 0.25) is 0 Å². The minimum Gasteiger partial charge on any atom is -0.497 e. The van der Waals surface area contributed by atoms with E-state index in [0.29, 0.717) is 22.6 Å². The molecule has 1 aromatic carbocycles. The summed E-state index contributed by atoms with van der Waals surface area (Å²) in [7, 11) is 2.99. The molecule has 1 aromatic rings. The van der Waals surface area contributed by atoms with Gasteiger partial charge in [-0.3, -0.25) is 0 Å². The van der Waals surface area contributed by atoms with E-state index in [1.54, 1.807) is 12.1 Å². The van der Waals surface area contributed by atoms with Gasteiger partial charge in [0.25, 0.3) is 0 Å². The molecule has 0 N–H and O–H groups in total. The molecule has 5 nitrogen and oxygen atoms in total. The lowest BCUT2D eigenvalue weighted by atomic mass is 10.0. The molecule has 0 spiro atoms. The van der Waals surface area contributed by atoms with Crippen molar-refractivity contribution in [2.24, 2.45) is 0 Å². The van der Waals surface area contributed by atoms with Gasteiger partial charge in [-0.1, -0.05) is 0 Å². The molecule has 0 unspecified atom stereocenters. The second kappa shape index (κ2) is 4.45. The van der Waals surface area contributed by atoms with Crippen LogP contribution in [0.4, 0.5) is 0 Å². The molecule has 0 aliphatic carbocycles. The zero-order chi connectivity index (χ0) is 12.4. The smallest absolute Gasteiger partial charge is 0.342 e. The van der Waals surface area contributed by atoms with Crippen LogP contribution in [0.15, 0.2) is 12.1 Å². The second-order valence-electron chi connectivity index (χ2n) is 3.59. The van der Waals surface area contributed by atoms with Crippen molar-refractivity contribution in [3.8, 4) is 11.5 Å². The van der Waals surface area contributed by atoms with E-state index in [0.717, 1.165) is 6.29 Å². The number of carbonyl (C=O) groups is 2. The van der Waals surface area contributed by atoms with Crippen LogP contribution in [0.5, 0.6) is 11.5 Å². The van der Waals surface area contributed by atoms with Gasteiger partial charge in [-0.05, 0) is 6.07 Å². The average molecular weight is 236 g/mol. The highest BCUT2D eigenvalue weighted by Crippen LogP contribution is 2.40. The predicted octanol–water partition coefficient (Wildman–Crippen LogP) is 1.50. The Morgan fingerprint density at radius 3 is 2.71 bits per heavy atom. The van der Waals surface area contributed by atoms with E-state index in [1.807, 2.05) is 0 Å². The molecule has 1 atom stereocenters. The highest BCUT2D eigenvalue weighted by molar-refractivity contribution is 5.97. The zero-order valence-corrected chi connectivity index (χ0v) is 9.56. The maximum atomic E-state index is 11.7. The van der Waals surface area contributed by atoms with Crippen molar-refractivity contribution in [1.29, 1.82) is 0 Å². The van der Waals surface area contributed by atoms with Gasteiger partial charge in [-0.2, -0.15) is 0 Å². The summed E-state index contributed by atoms with van der Waals surface area (Å²) >= 11 is 0. The van der Waals surface area contributed by atoms with Crippen LogP contribution in [0.25, 0.3) is 0 Å². The average Bonchev–Trinajstić information content (AvgIpc) is 2.66. The molecule has 0 saturated heterocycles. The lowest BCUT2D eigenvalue weighted by Crippen LogP contribution is -1.99. The summed E-state index contributed by atoms with van der Waals surface area (Å²) in [5.74, 6) is 0.499. The molecular formula is C12H12O5. The molecule has 1 aliphatic heterocycles. The normalized spacial score (nSPS) is 17.3. The van der Waals surface area contributed by atoms with E-state index >= 15 is 0 Å². The molecule has 0 amide bonds. The van der Waals surface area contributed by atoms with Crippen molar-refractivity contribution in [2.75, 3.05) is 14.2 Å². The van der Waals surface area contributed by atoms with Crippen LogP contribution in [-0.2, 0) is 9.53 Å². The molecule has 0 bridgehead atoms. The van der Waals surface area contributed by atoms with Crippen LogP contribution >= 0.6 is 0 Å². The number of hydrogen-bond donors (Lipinski definition) is 0. The molecule has 1 aliphatic rings. The van der Waals surface area contributed by atoms with Gasteiger partial charge in [0.1, 0.15) is 29.5 Å². The Balaban J connectivity index is 2.54. The monoisotopic (exact) mass is 236 g/mol. The number of cyclic esters (lactones) is 1. The summed E-state index contributed by atoms with van der Waals surface area (Å²) in [6.07, 6.45) is 0.313. The quantitative estimate of drug-likeness (QED) is 0.585. The molecule has 0 saturated carbocycles. The van der Waals surface area contributed by atoms with Crippen molar-refractivity contribution in [2.45, 2.75) is 12.5 Å². The molecular weight excluding hydrogens is 224 g/mol. The lowest BCUT2D eigenvalue weighted by Gasteiger charge is -2.09. The summed E-state index contributed by atoms with van der Waals surface area (Å²) in [5, 5.41) is 0. The Labute approximate surface area is 98.3 Å². The number of benzene rings is 1. The Kier molecular flexibility index (Phi) is 2.99. The van der Waals surface area contributed by atoms with E-state index in [2.05, 4.69) is 0 Å². The van der Waals surface area contributed by atoms with Crippen molar-refractivity contribution >= 4 is 12.3 Å². The van der Waals surface area contributed by atoms with E-state index in [9.17, 15) is 9.59 Å². The number of methoxy groups -OCH3 is 2. The maximum Gasteiger partial charge on any atom is 0.342 e. The maximum absolute atomic E-state index is 11.7. The van der Waals surface area contributed by atoms with Gasteiger partial charge in [0, 0.05) is 18.1 Å². The minimum atomic E-state index is -0.543. The molecule has 0 fully saturated rings. The topological polar surface area (TPSA) is 61.8 Å². The zero-order valence-electron chi connectivity index (χ0n) is 9.56. The van der Waals surface area contributed by atoms with Crippen LogP contribution in [0.1, 0.15) is 28.4 Å². The summed E-state index contributed by atoms with van der Waals surface area (Å²) in [5.41, 5.74) is 1.01. The van der Waals surface area contributed by atoms with E-state index in [-0.39, 0.29) is 6.42 Å². The van der Waals surface area contributed by atoms with Crippen LogP contribution in [0, 0.1) is 0 Å². The lowest BCUT2D eigenvalue weighted by molar-refractivity contribution is -0.109. The Morgan fingerprint density at radius 1 is 1.35 bits per heavy atom. The number of rotatable bonds is 4. The highest BCUT2D eigenvalue weighted by Gasteiger charge is 2.34. The van der Waals surface area contributed by atoms with Crippen LogP contribution < -0.4 is 9.47 Å². The first-order valence-electron chi connectivity index (χ1n) is 5.11. The van der Waals surface area contributed by atoms with Gasteiger partial charge < -0.3 is 19.0 Å². The van der Waals surface area contributed by atoms with E-state index in [4.69, 9.17) is 14.2 Å². The van der Waals surface area contributed by atoms with E-state index in [1.165, 1.54) is 14.2 Å². The van der Waals surface area contributed by atoms with Gasteiger partial charge in [-0.15, -0.1) is 0 Å². The van der Waals surface area contributed by atoms with Gasteiger partial charge in [0.05, 0.1) is 14.2 Å². The fourth-order valence-electron chi connectivity index (χ4n) is 1.88. The predicted molar refractivity (Wildman–Crippen MR) is 58.4 cm³/mol. The number of esters is 1. The Bertz CT molecular complexity index is 466. The Hall–Kier alpha value is -2.04. The number of carbonyl (C=O) groups excluding carboxylic acids is 2. The molecule has 0 radical (unpaired) electrons. The first-order valence-corrected chi connectivity index (χ1v) is 5.11. The number of fused-ring (bicyclic) bond motifs is 1. The molecule has 2 rings (SSSR count). The van der Waals surface area contributed by atoms with Gasteiger partial charge in [0.2, 0.25) is 0 Å². The number of ether oxygens (including phenoxy) is 3. The van der Waals surface area contributed by atoms with Crippen molar-refractivity contribution in [3.63, 3.8) is 0 Å². The van der Waals surface area contributed by atoms with E-state index < -0.39 is 12.1 Å². The van der Waals surface area contributed by atoms with Crippen LogP contribution in [0.3, 0.4) is 0 Å². The Morgan fingerprint density at radius 2 is 2.12 bits per heavy atom. The standard InChI is InChI=1S/C12H12O5/c1-15-7-5-8-9(3-4-13)17-12(14)11(8)10(6-7)16-2/h4-6,9H,3H2,1-2H3/t9-/m0/s1. The van der Waals surface area contributed by atoms with Crippen molar-refractivity contribution < 1.29 is 23.8 Å². The SMILES string of the molecule is COc1cc(OC)c2c(c1)[C@H](CC=O)OC2=O. The summed E-state index contributed by atoms with van der Waals surface area (Å²) < 4.78 is 15.3. The molecule has 1 heterocycles. The summed E-state index contributed by atoms with van der Waals surface area (Å²) in [6, 6.07) is 3.31. The first-order chi connectivity index (χ1) is 8.21. The van der Waals surface area contributed by atoms with Crippen molar-refractivity contribution in [1.82, 2.24) is 0 Å². The number of hydrogen-bond acceptors (Lipinski definition) is 5. The third-order valence-electron chi connectivity index (χ3n) is 2.67.